The van der Waals surface area contributed by atoms with E-state index in [-0.39, 0.29) is 5.91 Å². The van der Waals surface area contributed by atoms with Crippen LogP contribution in [0.1, 0.15) is 30.7 Å². The average molecular weight is 313 g/mol. The first-order valence-electron chi connectivity index (χ1n) is 8.15. The van der Waals surface area contributed by atoms with Crippen molar-refractivity contribution < 1.29 is 9.53 Å². The zero-order valence-corrected chi connectivity index (χ0v) is 13.5. The molecule has 1 fully saturated rings. The van der Waals surface area contributed by atoms with Gasteiger partial charge in [-0.05, 0) is 36.6 Å². The minimum atomic E-state index is 0.147. The zero-order chi connectivity index (χ0) is 16.1. The molecule has 0 aliphatic carbocycles. The van der Waals surface area contributed by atoms with Crippen LogP contribution in [0.2, 0.25) is 0 Å². The van der Waals surface area contributed by atoms with E-state index in [0.717, 1.165) is 38.1 Å². The lowest BCUT2D eigenvalue weighted by atomic mass is 9.94. The van der Waals surface area contributed by atoms with Gasteiger partial charge in [-0.2, -0.15) is 5.10 Å². The normalized spacial score (nSPS) is 18.5. The van der Waals surface area contributed by atoms with Crippen LogP contribution in [-0.4, -0.2) is 40.8 Å². The minimum absolute atomic E-state index is 0.147. The minimum Gasteiger partial charge on any atom is -0.497 e. The van der Waals surface area contributed by atoms with Gasteiger partial charge >= 0.3 is 0 Å². The van der Waals surface area contributed by atoms with Crippen LogP contribution in [0.25, 0.3) is 0 Å². The van der Waals surface area contributed by atoms with Crippen molar-refractivity contribution in [3.05, 3.63) is 48.3 Å². The molecule has 5 heteroatoms. The molecule has 1 aliphatic rings. The van der Waals surface area contributed by atoms with Gasteiger partial charge < -0.3 is 9.64 Å². The fourth-order valence-corrected chi connectivity index (χ4v) is 3.15. The second-order valence-electron chi connectivity index (χ2n) is 6.01. The molecule has 122 valence electrons. The van der Waals surface area contributed by atoms with Crippen molar-refractivity contribution in [1.29, 1.82) is 0 Å². The molecule has 0 saturated carbocycles. The third-order valence-electron chi connectivity index (χ3n) is 4.47. The third-order valence-corrected chi connectivity index (χ3v) is 4.47. The van der Waals surface area contributed by atoms with E-state index in [1.54, 1.807) is 18.0 Å². The van der Waals surface area contributed by atoms with Gasteiger partial charge in [0.1, 0.15) is 12.3 Å². The summed E-state index contributed by atoms with van der Waals surface area (Å²) < 4.78 is 6.92. The van der Waals surface area contributed by atoms with Gasteiger partial charge in [0.15, 0.2) is 0 Å². The molecule has 1 amide bonds. The second kappa shape index (κ2) is 7.31. The summed E-state index contributed by atoms with van der Waals surface area (Å²) in [6.45, 7) is 1.95. The van der Waals surface area contributed by atoms with Gasteiger partial charge in [0.2, 0.25) is 5.91 Å². The number of carbonyl (C=O) groups excluding carboxylic acids is 1. The molecule has 0 N–H and O–H groups in total. The molecule has 0 spiro atoms. The van der Waals surface area contributed by atoms with Crippen LogP contribution in [0.3, 0.4) is 0 Å². The second-order valence-corrected chi connectivity index (χ2v) is 6.01. The summed E-state index contributed by atoms with van der Waals surface area (Å²) in [6.07, 6.45) is 6.88. The number of aromatic nitrogens is 2. The predicted molar refractivity (Wildman–Crippen MR) is 88.4 cm³/mol. The van der Waals surface area contributed by atoms with Gasteiger partial charge in [0.05, 0.1) is 7.11 Å². The number of nitrogens with zero attached hydrogens (tertiary/aromatic N) is 3. The van der Waals surface area contributed by atoms with Crippen LogP contribution >= 0.6 is 0 Å². The van der Waals surface area contributed by atoms with Gasteiger partial charge in [0, 0.05) is 31.4 Å². The Morgan fingerprint density at radius 3 is 2.83 bits per heavy atom. The molecule has 1 aromatic heterocycles. The molecule has 0 radical (unpaired) electrons. The van der Waals surface area contributed by atoms with Gasteiger partial charge in [0.25, 0.3) is 0 Å². The van der Waals surface area contributed by atoms with E-state index in [1.807, 2.05) is 29.3 Å². The van der Waals surface area contributed by atoms with E-state index in [0.29, 0.717) is 12.5 Å². The van der Waals surface area contributed by atoms with Crippen molar-refractivity contribution >= 4 is 5.91 Å². The Morgan fingerprint density at radius 1 is 1.30 bits per heavy atom. The third kappa shape index (κ3) is 3.92. The number of hydrogen-bond acceptors (Lipinski definition) is 3. The molecule has 3 rings (SSSR count). The fourth-order valence-electron chi connectivity index (χ4n) is 3.15. The number of rotatable bonds is 4. The van der Waals surface area contributed by atoms with Crippen LogP contribution in [0.15, 0.2) is 42.7 Å². The van der Waals surface area contributed by atoms with Gasteiger partial charge in [-0.25, -0.2) is 0 Å². The topological polar surface area (TPSA) is 47.4 Å². The maximum absolute atomic E-state index is 12.5. The smallest absolute Gasteiger partial charge is 0.244 e. The van der Waals surface area contributed by atoms with Crippen LogP contribution < -0.4 is 4.74 Å². The number of benzene rings is 1. The Hall–Kier alpha value is -2.30. The highest BCUT2D eigenvalue weighted by Gasteiger charge is 2.23. The van der Waals surface area contributed by atoms with Crippen molar-refractivity contribution in [2.24, 2.45) is 0 Å². The molecule has 0 bridgehead atoms. The molecule has 0 unspecified atom stereocenters. The molecule has 1 aromatic carbocycles. The average Bonchev–Trinajstić information content (AvgIpc) is 2.96. The monoisotopic (exact) mass is 313 g/mol. The van der Waals surface area contributed by atoms with E-state index in [4.69, 9.17) is 4.74 Å². The van der Waals surface area contributed by atoms with E-state index in [1.165, 1.54) is 5.56 Å². The quantitative estimate of drug-likeness (QED) is 0.872. The van der Waals surface area contributed by atoms with Crippen molar-refractivity contribution in [2.75, 3.05) is 20.2 Å². The molecule has 5 nitrogen and oxygen atoms in total. The van der Waals surface area contributed by atoms with Crippen LogP contribution in [0, 0.1) is 0 Å². The lowest BCUT2D eigenvalue weighted by Gasteiger charge is -2.25. The first-order valence-corrected chi connectivity index (χ1v) is 8.15. The largest absolute Gasteiger partial charge is 0.497 e. The Bertz CT molecular complexity index is 622. The van der Waals surface area contributed by atoms with Crippen molar-refractivity contribution in [1.82, 2.24) is 14.7 Å². The first-order chi connectivity index (χ1) is 11.3. The number of amides is 1. The highest BCUT2D eigenvalue weighted by molar-refractivity contribution is 5.76. The maximum Gasteiger partial charge on any atom is 0.244 e. The number of hydrogen-bond donors (Lipinski definition) is 0. The SMILES string of the molecule is COc1ccc([C@H]2CCCCN(C(=O)Cn3cccn3)C2)cc1. The number of methoxy groups -OCH3 is 1. The molecule has 1 saturated heterocycles. The molecule has 2 aromatic rings. The van der Waals surface area contributed by atoms with E-state index in [9.17, 15) is 4.79 Å². The summed E-state index contributed by atoms with van der Waals surface area (Å²) in [5.41, 5.74) is 1.28. The Morgan fingerprint density at radius 2 is 2.13 bits per heavy atom. The molecular weight excluding hydrogens is 290 g/mol. The fraction of sp³-hybridized carbons (Fsp3) is 0.444. The summed E-state index contributed by atoms with van der Waals surface area (Å²) in [4.78, 5) is 14.5. The number of likely N-dealkylation sites (tertiary alicyclic amines) is 1. The molecular formula is C18H23N3O2. The lowest BCUT2D eigenvalue weighted by Crippen LogP contribution is -2.36. The predicted octanol–water partition coefficient (Wildman–Crippen LogP) is 2.69. The van der Waals surface area contributed by atoms with Crippen LogP contribution in [-0.2, 0) is 11.3 Å². The van der Waals surface area contributed by atoms with Crippen molar-refractivity contribution in [3.8, 4) is 5.75 Å². The van der Waals surface area contributed by atoms with Crippen LogP contribution in [0.4, 0.5) is 0 Å². The van der Waals surface area contributed by atoms with Gasteiger partial charge in [-0.15, -0.1) is 0 Å². The standard InChI is InChI=1S/C18H23N3O2/c1-23-17-8-6-15(7-9-17)16-5-2-3-11-20(13-16)18(22)14-21-12-4-10-19-21/h4,6-10,12,16H,2-3,5,11,13-14H2,1H3/t16-/m0/s1. The van der Waals surface area contributed by atoms with Crippen molar-refractivity contribution in [2.45, 2.75) is 31.7 Å². The van der Waals surface area contributed by atoms with E-state index < -0.39 is 0 Å². The Labute approximate surface area is 136 Å². The Balaban J connectivity index is 1.68. The van der Waals surface area contributed by atoms with E-state index in [2.05, 4.69) is 17.2 Å². The number of carbonyl (C=O) groups is 1. The summed E-state index contributed by atoms with van der Waals surface area (Å²) in [5, 5.41) is 4.13. The lowest BCUT2D eigenvalue weighted by molar-refractivity contribution is -0.132. The molecule has 2 heterocycles. The van der Waals surface area contributed by atoms with Gasteiger partial charge in [-0.1, -0.05) is 18.6 Å². The molecule has 23 heavy (non-hydrogen) atoms. The highest BCUT2D eigenvalue weighted by Crippen LogP contribution is 2.28. The molecule has 1 atom stereocenters. The first kappa shape index (κ1) is 15.6. The molecule has 1 aliphatic heterocycles. The Kier molecular flexibility index (Phi) is 4.95. The zero-order valence-electron chi connectivity index (χ0n) is 13.5. The maximum atomic E-state index is 12.5. The summed E-state index contributed by atoms with van der Waals surface area (Å²) in [7, 11) is 1.68. The number of ether oxygens (including phenoxy) is 1. The van der Waals surface area contributed by atoms with E-state index >= 15 is 0 Å². The van der Waals surface area contributed by atoms with Gasteiger partial charge in [-0.3, -0.25) is 9.48 Å². The highest BCUT2D eigenvalue weighted by atomic mass is 16.5. The van der Waals surface area contributed by atoms with Crippen LogP contribution in [0.5, 0.6) is 5.75 Å². The summed E-state index contributed by atoms with van der Waals surface area (Å²) in [5.74, 6) is 1.41. The van der Waals surface area contributed by atoms with Crippen molar-refractivity contribution in [3.63, 3.8) is 0 Å². The summed E-state index contributed by atoms with van der Waals surface area (Å²) in [6, 6.07) is 10.1. The summed E-state index contributed by atoms with van der Waals surface area (Å²) >= 11 is 0.